The van der Waals surface area contributed by atoms with Gasteiger partial charge in [0.1, 0.15) is 12.4 Å². The fourth-order valence-corrected chi connectivity index (χ4v) is 4.11. The number of guanidine groups is 1. The number of benzene rings is 1. The Morgan fingerprint density at radius 3 is 2.54 bits per heavy atom. The third kappa shape index (κ3) is 5.49. The van der Waals surface area contributed by atoms with Gasteiger partial charge in [-0.15, -0.1) is 24.0 Å². The first-order valence-corrected chi connectivity index (χ1v) is 9.41. The number of halogens is 1. The van der Waals surface area contributed by atoms with Gasteiger partial charge in [-0.25, -0.2) is 0 Å². The minimum atomic E-state index is 0. The van der Waals surface area contributed by atoms with E-state index >= 15 is 0 Å². The van der Waals surface area contributed by atoms with Crippen LogP contribution in [0.25, 0.3) is 0 Å². The summed E-state index contributed by atoms with van der Waals surface area (Å²) in [7, 11) is 3.56. The van der Waals surface area contributed by atoms with Gasteiger partial charge in [-0.3, -0.25) is 4.99 Å². The second kappa shape index (κ2) is 10.3. The molecule has 1 heterocycles. The van der Waals surface area contributed by atoms with Crippen molar-refractivity contribution >= 4 is 29.9 Å². The molecule has 2 aliphatic rings. The van der Waals surface area contributed by atoms with Crippen molar-refractivity contribution in [1.29, 1.82) is 0 Å². The van der Waals surface area contributed by atoms with E-state index < -0.39 is 0 Å². The van der Waals surface area contributed by atoms with Crippen molar-refractivity contribution in [2.45, 2.75) is 38.6 Å². The van der Waals surface area contributed by atoms with Crippen LogP contribution in [0, 0.1) is 5.41 Å². The normalized spacial score (nSPS) is 18.8. The third-order valence-corrected chi connectivity index (χ3v) is 5.54. The summed E-state index contributed by atoms with van der Waals surface area (Å²) in [5, 5.41) is 3.52. The SMILES string of the molecule is CN=C(NCc1ccc(OCCOC)cc1)N1CCC2(CCCC2)C1.I. The molecule has 1 N–H and O–H groups in total. The van der Waals surface area contributed by atoms with Crippen LogP contribution in [0.15, 0.2) is 29.3 Å². The molecule has 1 saturated carbocycles. The van der Waals surface area contributed by atoms with E-state index in [1.165, 1.54) is 44.2 Å². The Bertz CT molecular complexity index is 571. The first-order chi connectivity index (χ1) is 12.2. The van der Waals surface area contributed by atoms with E-state index in [-0.39, 0.29) is 24.0 Å². The van der Waals surface area contributed by atoms with Crippen molar-refractivity contribution in [3.63, 3.8) is 0 Å². The molecule has 0 atom stereocenters. The lowest BCUT2D eigenvalue weighted by Crippen LogP contribution is -2.40. The molecule has 6 heteroatoms. The molecule has 5 nitrogen and oxygen atoms in total. The van der Waals surface area contributed by atoms with Crippen LogP contribution in [0.1, 0.15) is 37.7 Å². The molecule has 0 bridgehead atoms. The Kier molecular flexibility index (Phi) is 8.47. The zero-order valence-corrected chi connectivity index (χ0v) is 18.3. The van der Waals surface area contributed by atoms with E-state index in [9.17, 15) is 0 Å². The van der Waals surface area contributed by atoms with Crippen LogP contribution in [-0.4, -0.2) is 51.3 Å². The molecule has 1 aromatic carbocycles. The molecule has 1 aromatic rings. The van der Waals surface area contributed by atoms with Crippen molar-refractivity contribution in [2.24, 2.45) is 10.4 Å². The van der Waals surface area contributed by atoms with E-state index in [1.807, 2.05) is 19.2 Å². The Hall–Kier alpha value is -1.02. The summed E-state index contributed by atoms with van der Waals surface area (Å²) < 4.78 is 10.6. The highest BCUT2D eigenvalue weighted by Crippen LogP contribution is 2.45. The van der Waals surface area contributed by atoms with Crippen molar-refractivity contribution in [2.75, 3.05) is 40.5 Å². The van der Waals surface area contributed by atoms with Gasteiger partial charge in [-0.1, -0.05) is 25.0 Å². The van der Waals surface area contributed by atoms with Crippen molar-refractivity contribution in [3.8, 4) is 5.75 Å². The van der Waals surface area contributed by atoms with Crippen molar-refractivity contribution in [3.05, 3.63) is 29.8 Å². The highest BCUT2D eigenvalue weighted by atomic mass is 127. The maximum absolute atomic E-state index is 5.61. The molecule has 2 fully saturated rings. The first kappa shape index (κ1) is 21.3. The summed E-state index contributed by atoms with van der Waals surface area (Å²) in [6, 6.07) is 8.23. The van der Waals surface area contributed by atoms with Crippen molar-refractivity contribution < 1.29 is 9.47 Å². The van der Waals surface area contributed by atoms with Crippen LogP contribution in [0.5, 0.6) is 5.75 Å². The van der Waals surface area contributed by atoms with Crippen LogP contribution >= 0.6 is 24.0 Å². The molecule has 0 amide bonds. The minimum Gasteiger partial charge on any atom is -0.491 e. The third-order valence-electron chi connectivity index (χ3n) is 5.54. The predicted molar refractivity (Wildman–Crippen MR) is 117 cm³/mol. The lowest BCUT2D eigenvalue weighted by atomic mass is 9.86. The number of aliphatic imine (C=N–C) groups is 1. The van der Waals surface area contributed by atoms with Gasteiger partial charge in [0.05, 0.1) is 6.61 Å². The molecule has 26 heavy (non-hydrogen) atoms. The van der Waals surface area contributed by atoms with Gasteiger partial charge in [0.25, 0.3) is 0 Å². The lowest BCUT2D eigenvalue weighted by molar-refractivity contribution is 0.146. The molecule has 0 unspecified atom stereocenters. The number of rotatable bonds is 6. The predicted octanol–water partition coefficient (Wildman–Crippen LogP) is 3.67. The monoisotopic (exact) mass is 473 g/mol. The second-order valence-electron chi connectivity index (χ2n) is 7.26. The quantitative estimate of drug-likeness (QED) is 0.297. The minimum absolute atomic E-state index is 0. The molecule has 0 aromatic heterocycles. The number of ether oxygens (including phenoxy) is 2. The molecular formula is C20H32IN3O2. The lowest BCUT2D eigenvalue weighted by Gasteiger charge is -2.26. The van der Waals surface area contributed by atoms with Crippen molar-refractivity contribution in [1.82, 2.24) is 10.2 Å². The number of hydrogen-bond donors (Lipinski definition) is 1. The van der Waals surface area contributed by atoms with E-state index in [2.05, 4.69) is 27.3 Å². The number of nitrogens with one attached hydrogen (secondary N) is 1. The van der Waals surface area contributed by atoms with E-state index in [0.29, 0.717) is 18.6 Å². The number of nitrogens with zero attached hydrogens (tertiary/aromatic N) is 2. The maximum Gasteiger partial charge on any atom is 0.193 e. The van der Waals surface area contributed by atoms with E-state index in [0.717, 1.165) is 24.8 Å². The Morgan fingerprint density at radius 1 is 1.15 bits per heavy atom. The Labute approximate surface area is 174 Å². The molecule has 1 aliphatic heterocycles. The molecule has 1 spiro atoms. The van der Waals surface area contributed by atoms with Gasteiger partial charge >= 0.3 is 0 Å². The second-order valence-corrected chi connectivity index (χ2v) is 7.26. The highest BCUT2D eigenvalue weighted by molar-refractivity contribution is 14.0. The number of likely N-dealkylation sites (tertiary alicyclic amines) is 1. The molecule has 3 rings (SSSR count). The van der Waals surface area contributed by atoms with Gasteiger partial charge in [-0.2, -0.15) is 0 Å². The zero-order valence-electron chi connectivity index (χ0n) is 16.0. The molecule has 146 valence electrons. The smallest absolute Gasteiger partial charge is 0.193 e. The first-order valence-electron chi connectivity index (χ1n) is 9.41. The standard InChI is InChI=1S/C20H31N3O2.HI/c1-21-19(23-12-11-20(16-23)9-3-4-10-20)22-15-17-5-7-18(8-6-17)25-14-13-24-2;/h5-8H,3-4,9-16H2,1-2H3,(H,21,22);1H. The topological polar surface area (TPSA) is 46.1 Å². The largest absolute Gasteiger partial charge is 0.491 e. The van der Waals surface area contributed by atoms with Crippen LogP contribution in [-0.2, 0) is 11.3 Å². The van der Waals surface area contributed by atoms with Gasteiger partial charge in [0.15, 0.2) is 5.96 Å². The average molecular weight is 473 g/mol. The molecule has 1 aliphatic carbocycles. The van der Waals surface area contributed by atoms with Crippen LogP contribution in [0.4, 0.5) is 0 Å². The van der Waals surface area contributed by atoms with Crippen LogP contribution < -0.4 is 10.1 Å². The average Bonchev–Trinajstić information content (AvgIpc) is 3.27. The summed E-state index contributed by atoms with van der Waals surface area (Å²) >= 11 is 0. The van der Waals surface area contributed by atoms with E-state index in [1.54, 1.807) is 7.11 Å². The highest BCUT2D eigenvalue weighted by Gasteiger charge is 2.40. The summed E-state index contributed by atoms with van der Waals surface area (Å²) in [5.41, 5.74) is 1.80. The van der Waals surface area contributed by atoms with Gasteiger partial charge < -0.3 is 19.7 Å². The van der Waals surface area contributed by atoms with Crippen LogP contribution in [0.2, 0.25) is 0 Å². The Morgan fingerprint density at radius 2 is 1.88 bits per heavy atom. The van der Waals surface area contributed by atoms with Gasteiger partial charge in [0.2, 0.25) is 0 Å². The Balaban J connectivity index is 0.00000243. The van der Waals surface area contributed by atoms with Gasteiger partial charge in [-0.05, 0) is 42.4 Å². The molecule has 0 radical (unpaired) electrons. The summed E-state index contributed by atoms with van der Waals surface area (Å²) in [6.07, 6.45) is 6.91. The summed E-state index contributed by atoms with van der Waals surface area (Å²) in [4.78, 5) is 6.94. The molecular weight excluding hydrogens is 441 g/mol. The number of methoxy groups -OCH3 is 1. The zero-order chi connectivity index (χ0) is 17.5. The fourth-order valence-electron chi connectivity index (χ4n) is 4.11. The van der Waals surface area contributed by atoms with E-state index in [4.69, 9.17) is 9.47 Å². The molecule has 1 saturated heterocycles. The van der Waals surface area contributed by atoms with Gasteiger partial charge in [0, 0.05) is 33.8 Å². The summed E-state index contributed by atoms with van der Waals surface area (Å²) in [6.45, 7) is 4.27. The maximum atomic E-state index is 5.61. The summed E-state index contributed by atoms with van der Waals surface area (Å²) in [5.74, 6) is 1.91. The number of hydrogen-bond acceptors (Lipinski definition) is 3. The van der Waals surface area contributed by atoms with Crippen LogP contribution in [0.3, 0.4) is 0 Å². The fraction of sp³-hybridized carbons (Fsp3) is 0.650.